The van der Waals surface area contributed by atoms with Gasteiger partial charge in [0.05, 0.1) is 5.69 Å². The standard InChI is InChI=1S/C12H21N7O4.Na.H/c13-8(10(20)21)4-7-5-19(6-17-7)18-9(11(22)23)2-1-3-16-12(14)15;;/h5-6,8-9,18H,1-4,13H2,(H,20,21)(H,22,23)(H4,14,15,16);;/t8-,9-;;/m0../s1. The van der Waals surface area contributed by atoms with Gasteiger partial charge in [-0.2, -0.15) is 0 Å². The second-order valence-electron chi connectivity index (χ2n) is 4.92. The Labute approximate surface area is 160 Å². The van der Waals surface area contributed by atoms with Crippen molar-refractivity contribution in [1.82, 2.24) is 15.0 Å². The Kier molecular flexibility index (Phi) is 10.0. The number of aliphatic carboxylic acids is 2. The van der Waals surface area contributed by atoms with Crippen LogP contribution in [0.5, 0.6) is 0 Å². The van der Waals surface area contributed by atoms with Gasteiger partial charge in [-0.3, -0.25) is 14.9 Å². The van der Waals surface area contributed by atoms with Gasteiger partial charge in [-0.15, -0.1) is 0 Å². The van der Waals surface area contributed by atoms with Crippen LogP contribution in [0.25, 0.3) is 0 Å². The van der Waals surface area contributed by atoms with E-state index in [1.807, 2.05) is 0 Å². The molecule has 0 saturated carbocycles. The molecule has 1 rings (SSSR count). The maximum atomic E-state index is 11.2. The number of hydrogen-bond acceptors (Lipinski definition) is 6. The van der Waals surface area contributed by atoms with Crippen molar-refractivity contribution in [2.24, 2.45) is 11.5 Å². The number of nitrogens with one attached hydrogen (secondary N) is 3. The summed E-state index contributed by atoms with van der Waals surface area (Å²) in [6, 6.07) is -1.93. The summed E-state index contributed by atoms with van der Waals surface area (Å²) in [7, 11) is 0. The zero-order valence-corrected chi connectivity index (χ0v) is 12.4. The van der Waals surface area contributed by atoms with Gasteiger partial charge in [0.25, 0.3) is 0 Å². The average molecular weight is 351 g/mol. The molecular weight excluding hydrogens is 329 g/mol. The number of imidazole rings is 1. The van der Waals surface area contributed by atoms with Crippen molar-refractivity contribution < 1.29 is 19.8 Å². The van der Waals surface area contributed by atoms with Crippen LogP contribution in [0.4, 0.5) is 0 Å². The second kappa shape index (κ2) is 10.9. The third-order valence-corrected chi connectivity index (χ3v) is 2.97. The van der Waals surface area contributed by atoms with Gasteiger partial charge >= 0.3 is 41.5 Å². The van der Waals surface area contributed by atoms with Gasteiger partial charge in [0.15, 0.2) is 5.96 Å². The quantitative estimate of drug-likeness (QED) is 0.103. The molecule has 0 saturated heterocycles. The Morgan fingerprint density at radius 2 is 2.04 bits per heavy atom. The molecule has 0 aliphatic heterocycles. The van der Waals surface area contributed by atoms with E-state index in [0.717, 1.165) is 0 Å². The molecule has 130 valence electrons. The summed E-state index contributed by atoms with van der Waals surface area (Å²) in [5.74, 6) is -2.34. The number of nitrogens with two attached hydrogens (primary N) is 2. The van der Waals surface area contributed by atoms with Crippen molar-refractivity contribution in [3.8, 4) is 0 Å². The molecule has 0 spiro atoms. The number of nitrogens with zero attached hydrogens (tertiary/aromatic N) is 2. The van der Waals surface area contributed by atoms with Gasteiger partial charge in [-0.25, -0.2) is 9.78 Å². The first-order valence-electron chi connectivity index (χ1n) is 6.88. The summed E-state index contributed by atoms with van der Waals surface area (Å²) in [4.78, 5) is 25.9. The van der Waals surface area contributed by atoms with Crippen molar-refractivity contribution in [3.63, 3.8) is 0 Å². The van der Waals surface area contributed by atoms with Gasteiger partial charge < -0.3 is 32.4 Å². The van der Waals surface area contributed by atoms with Gasteiger partial charge in [0.1, 0.15) is 18.4 Å². The Balaban J connectivity index is 0.00000529. The predicted molar refractivity (Wildman–Crippen MR) is 88.6 cm³/mol. The molecule has 24 heavy (non-hydrogen) atoms. The normalized spacial score (nSPS) is 12.5. The van der Waals surface area contributed by atoms with Crippen LogP contribution in [0, 0.1) is 5.41 Å². The molecule has 12 heteroatoms. The summed E-state index contributed by atoms with van der Waals surface area (Å²) in [6.07, 6.45) is 3.69. The maximum absolute atomic E-state index is 11.2. The molecule has 11 nitrogen and oxygen atoms in total. The molecular formula is C12H22N7NaO4. The van der Waals surface area contributed by atoms with E-state index in [2.05, 4.69) is 15.7 Å². The fraction of sp³-hybridized carbons (Fsp3) is 0.500. The number of carbonyl (C=O) groups is 2. The number of aromatic nitrogens is 2. The van der Waals surface area contributed by atoms with E-state index in [9.17, 15) is 14.7 Å². The van der Waals surface area contributed by atoms with E-state index >= 15 is 0 Å². The molecule has 0 aliphatic rings. The molecule has 1 aromatic heterocycles. The van der Waals surface area contributed by atoms with Crippen LogP contribution in [0.2, 0.25) is 0 Å². The zero-order chi connectivity index (χ0) is 17.4. The summed E-state index contributed by atoms with van der Waals surface area (Å²) >= 11 is 0. The molecule has 1 aromatic rings. The van der Waals surface area contributed by atoms with Crippen molar-refractivity contribution in [3.05, 3.63) is 18.2 Å². The van der Waals surface area contributed by atoms with Crippen LogP contribution in [-0.4, -0.2) is 86.0 Å². The summed E-state index contributed by atoms with van der Waals surface area (Å²) in [5, 5.41) is 27.5. The molecule has 1 heterocycles. The summed E-state index contributed by atoms with van der Waals surface area (Å²) in [5.41, 5.74) is 13.7. The second-order valence-corrected chi connectivity index (χ2v) is 4.92. The SMILES string of the molecule is N=C(N)NCCC[C@H](Nn1cnc(C[C@H](N)C(=O)O)c1)C(=O)O.[NaH]. The van der Waals surface area contributed by atoms with Gasteiger partial charge in [0, 0.05) is 19.2 Å². The van der Waals surface area contributed by atoms with Gasteiger partial charge in [-0.1, -0.05) is 0 Å². The van der Waals surface area contributed by atoms with Crippen LogP contribution in [0.3, 0.4) is 0 Å². The van der Waals surface area contributed by atoms with E-state index in [4.69, 9.17) is 22.0 Å². The fourth-order valence-electron chi connectivity index (χ4n) is 1.80. The monoisotopic (exact) mass is 351 g/mol. The third-order valence-electron chi connectivity index (χ3n) is 2.97. The number of hydrogen-bond donors (Lipinski definition) is 7. The molecule has 0 unspecified atom stereocenters. The third kappa shape index (κ3) is 8.15. The topological polar surface area (TPSA) is 192 Å². The molecule has 0 aromatic carbocycles. The Bertz CT molecular complexity index is 565. The average Bonchev–Trinajstić information content (AvgIpc) is 2.88. The minimum atomic E-state index is -1.13. The molecule has 0 aliphatic carbocycles. The van der Waals surface area contributed by atoms with Crippen LogP contribution in [-0.2, 0) is 16.0 Å². The first-order chi connectivity index (χ1) is 10.8. The van der Waals surface area contributed by atoms with E-state index < -0.39 is 24.0 Å². The van der Waals surface area contributed by atoms with Crippen molar-refractivity contribution >= 4 is 47.5 Å². The minimum absolute atomic E-state index is 0. The number of guanidine groups is 1. The Hall–Kier alpha value is -1.82. The number of carboxylic acid groups (broad SMARTS) is 2. The van der Waals surface area contributed by atoms with Crippen LogP contribution in [0.15, 0.2) is 12.5 Å². The molecule has 0 radical (unpaired) electrons. The Morgan fingerprint density at radius 1 is 1.38 bits per heavy atom. The van der Waals surface area contributed by atoms with E-state index in [-0.39, 0.29) is 41.9 Å². The van der Waals surface area contributed by atoms with Crippen molar-refractivity contribution in [2.75, 3.05) is 12.0 Å². The molecule has 2 atom stereocenters. The van der Waals surface area contributed by atoms with Crippen LogP contribution < -0.4 is 22.2 Å². The Morgan fingerprint density at radius 3 is 2.58 bits per heavy atom. The van der Waals surface area contributed by atoms with E-state index in [1.54, 1.807) is 0 Å². The van der Waals surface area contributed by atoms with Gasteiger partial charge in [-0.05, 0) is 12.8 Å². The first-order valence-corrected chi connectivity index (χ1v) is 6.88. The fourth-order valence-corrected chi connectivity index (χ4v) is 1.80. The summed E-state index contributed by atoms with van der Waals surface area (Å²) < 4.78 is 1.36. The van der Waals surface area contributed by atoms with E-state index in [0.29, 0.717) is 25.1 Å². The number of carboxylic acids is 2. The van der Waals surface area contributed by atoms with Crippen molar-refractivity contribution in [1.29, 1.82) is 5.41 Å². The molecule has 0 fully saturated rings. The molecule has 9 N–H and O–H groups in total. The van der Waals surface area contributed by atoms with E-state index in [1.165, 1.54) is 17.2 Å². The number of rotatable bonds is 10. The first kappa shape index (κ1) is 22.2. The van der Waals surface area contributed by atoms with Crippen LogP contribution >= 0.6 is 0 Å². The predicted octanol–water partition coefficient (Wildman–Crippen LogP) is -2.55. The van der Waals surface area contributed by atoms with Crippen LogP contribution in [0.1, 0.15) is 18.5 Å². The molecule has 0 bridgehead atoms. The zero-order valence-electron chi connectivity index (χ0n) is 12.4. The molecule has 0 amide bonds. The van der Waals surface area contributed by atoms with Gasteiger partial charge in [0.2, 0.25) is 0 Å². The van der Waals surface area contributed by atoms with Crippen molar-refractivity contribution in [2.45, 2.75) is 31.3 Å². The summed E-state index contributed by atoms with van der Waals surface area (Å²) in [6.45, 7) is 0.392.